The summed E-state index contributed by atoms with van der Waals surface area (Å²) in [6.07, 6.45) is 0. The number of rotatable bonds is 6. The second-order valence-electron chi connectivity index (χ2n) is 5.03. The number of carbonyl (C=O) groups is 1. The van der Waals surface area contributed by atoms with Crippen molar-refractivity contribution in [2.24, 2.45) is 0 Å². The van der Waals surface area contributed by atoms with Gasteiger partial charge in [-0.2, -0.15) is 4.98 Å². The Bertz CT molecular complexity index is 875. The van der Waals surface area contributed by atoms with Gasteiger partial charge in [0.1, 0.15) is 17.1 Å². The standard InChI is InChI=1S/C18H16N2O5/c1-2-23-15-10-6-4-8-13(15)17-19-16(25-20-17)11-24-18(22)12-7-3-5-9-14(12)21/h3-10,21H,2,11H2,1H3. The minimum absolute atomic E-state index is 0.0731. The van der Waals surface area contributed by atoms with Crippen LogP contribution < -0.4 is 4.74 Å². The predicted molar refractivity (Wildman–Crippen MR) is 88.1 cm³/mol. The van der Waals surface area contributed by atoms with E-state index < -0.39 is 5.97 Å². The molecule has 0 saturated heterocycles. The van der Waals surface area contributed by atoms with Crippen LogP contribution in [0.1, 0.15) is 23.2 Å². The smallest absolute Gasteiger partial charge is 0.342 e. The summed E-state index contributed by atoms with van der Waals surface area (Å²) in [7, 11) is 0. The summed E-state index contributed by atoms with van der Waals surface area (Å²) >= 11 is 0. The third kappa shape index (κ3) is 3.77. The number of aromatic nitrogens is 2. The van der Waals surface area contributed by atoms with Crippen molar-refractivity contribution >= 4 is 5.97 Å². The number of hydrogen-bond acceptors (Lipinski definition) is 7. The SMILES string of the molecule is CCOc1ccccc1-c1noc(COC(=O)c2ccccc2O)n1. The first kappa shape index (κ1) is 16.5. The Balaban J connectivity index is 1.70. The highest BCUT2D eigenvalue weighted by atomic mass is 16.6. The van der Waals surface area contributed by atoms with Crippen molar-refractivity contribution < 1.29 is 23.9 Å². The molecule has 1 heterocycles. The number of nitrogens with zero attached hydrogens (tertiary/aromatic N) is 2. The van der Waals surface area contributed by atoms with Gasteiger partial charge in [-0.25, -0.2) is 4.79 Å². The Labute approximate surface area is 143 Å². The normalized spacial score (nSPS) is 10.4. The molecule has 7 nitrogen and oxygen atoms in total. The molecule has 3 aromatic rings. The van der Waals surface area contributed by atoms with E-state index >= 15 is 0 Å². The summed E-state index contributed by atoms with van der Waals surface area (Å²) in [6.45, 7) is 2.20. The Morgan fingerprint density at radius 3 is 2.72 bits per heavy atom. The number of esters is 1. The summed E-state index contributed by atoms with van der Waals surface area (Å²) in [5.74, 6) is 0.309. The molecule has 0 aliphatic heterocycles. The summed E-state index contributed by atoms with van der Waals surface area (Å²) in [5, 5.41) is 13.5. The lowest BCUT2D eigenvalue weighted by Gasteiger charge is -2.06. The zero-order chi connectivity index (χ0) is 17.6. The van der Waals surface area contributed by atoms with Crippen LogP contribution in [-0.4, -0.2) is 27.8 Å². The highest BCUT2D eigenvalue weighted by Crippen LogP contribution is 2.27. The number of hydrogen-bond donors (Lipinski definition) is 1. The summed E-state index contributed by atoms with van der Waals surface area (Å²) in [6, 6.07) is 13.4. The first-order chi connectivity index (χ1) is 12.2. The van der Waals surface area contributed by atoms with Crippen LogP contribution in [0.15, 0.2) is 53.1 Å². The lowest BCUT2D eigenvalue weighted by Crippen LogP contribution is -2.05. The highest BCUT2D eigenvalue weighted by molar-refractivity contribution is 5.92. The molecule has 0 aliphatic carbocycles. The van der Waals surface area contributed by atoms with Gasteiger partial charge in [0.15, 0.2) is 6.61 Å². The van der Waals surface area contributed by atoms with Crippen molar-refractivity contribution in [3.8, 4) is 22.9 Å². The van der Waals surface area contributed by atoms with Gasteiger partial charge in [0.05, 0.1) is 12.2 Å². The van der Waals surface area contributed by atoms with E-state index in [2.05, 4.69) is 10.1 Å². The lowest BCUT2D eigenvalue weighted by molar-refractivity contribution is 0.0426. The van der Waals surface area contributed by atoms with Crippen LogP contribution >= 0.6 is 0 Å². The summed E-state index contributed by atoms with van der Waals surface area (Å²) < 4.78 is 15.7. The molecule has 128 valence electrons. The van der Waals surface area contributed by atoms with Gasteiger partial charge >= 0.3 is 5.97 Å². The molecule has 3 rings (SSSR count). The molecule has 0 fully saturated rings. The van der Waals surface area contributed by atoms with Crippen LogP contribution in [0.25, 0.3) is 11.4 Å². The molecule has 0 unspecified atom stereocenters. The minimum Gasteiger partial charge on any atom is -0.507 e. The van der Waals surface area contributed by atoms with Crippen molar-refractivity contribution in [3.63, 3.8) is 0 Å². The Morgan fingerprint density at radius 1 is 1.16 bits per heavy atom. The molecule has 7 heteroatoms. The molecule has 25 heavy (non-hydrogen) atoms. The fourth-order valence-corrected chi connectivity index (χ4v) is 2.21. The predicted octanol–water partition coefficient (Wildman–Crippen LogP) is 3.20. The fourth-order valence-electron chi connectivity index (χ4n) is 2.21. The van der Waals surface area contributed by atoms with E-state index in [1.807, 2.05) is 31.2 Å². The second kappa shape index (κ2) is 7.48. The van der Waals surface area contributed by atoms with Gasteiger partial charge < -0.3 is 19.1 Å². The third-order valence-corrected chi connectivity index (χ3v) is 3.35. The van der Waals surface area contributed by atoms with Crippen molar-refractivity contribution in [3.05, 3.63) is 60.0 Å². The molecular weight excluding hydrogens is 324 g/mol. The minimum atomic E-state index is -0.674. The van der Waals surface area contributed by atoms with Gasteiger partial charge in [-0.05, 0) is 31.2 Å². The average Bonchev–Trinajstić information content (AvgIpc) is 3.10. The van der Waals surface area contributed by atoms with Crippen LogP contribution in [0.3, 0.4) is 0 Å². The van der Waals surface area contributed by atoms with Crippen molar-refractivity contribution in [1.29, 1.82) is 0 Å². The van der Waals surface area contributed by atoms with E-state index in [9.17, 15) is 9.90 Å². The first-order valence-electron chi connectivity index (χ1n) is 7.69. The summed E-state index contributed by atoms with van der Waals surface area (Å²) in [5.41, 5.74) is 0.760. The van der Waals surface area contributed by atoms with E-state index in [4.69, 9.17) is 14.0 Å². The van der Waals surface area contributed by atoms with Crippen LogP contribution in [0.2, 0.25) is 0 Å². The van der Waals surface area contributed by atoms with Gasteiger partial charge in [0.2, 0.25) is 5.82 Å². The van der Waals surface area contributed by atoms with E-state index in [0.29, 0.717) is 23.7 Å². The molecule has 0 aliphatic rings. The molecule has 0 spiro atoms. The van der Waals surface area contributed by atoms with Gasteiger partial charge in [0, 0.05) is 0 Å². The molecule has 1 aromatic heterocycles. The number of phenolic OH excluding ortho intramolecular Hbond substituents is 1. The molecule has 0 atom stereocenters. The molecule has 0 radical (unpaired) electrons. The Kier molecular flexibility index (Phi) is 4.94. The largest absolute Gasteiger partial charge is 0.507 e. The number of para-hydroxylation sites is 2. The van der Waals surface area contributed by atoms with Crippen molar-refractivity contribution in [1.82, 2.24) is 10.1 Å². The maximum absolute atomic E-state index is 12.0. The maximum atomic E-state index is 12.0. The number of phenols is 1. The zero-order valence-corrected chi connectivity index (χ0v) is 13.5. The van der Waals surface area contributed by atoms with Crippen LogP contribution in [0, 0.1) is 0 Å². The van der Waals surface area contributed by atoms with Gasteiger partial charge in [-0.3, -0.25) is 0 Å². The molecule has 0 saturated carbocycles. The van der Waals surface area contributed by atoms with E-state index in [1.54, 1.807) is 12.1 Å². The molecule has 0 bridgehead atoms. The molecule has 1 N–H and O–H groups in total. The monoisotopic (exact) mass is 340 g/mol. The number of aromatic hydroxyl groups is 1. The van der Waals surface area contributed by atoms with Gasteiger partial charge in [0.25, 0.3) is 5.89 Å². The quantitative estimate of drug-likeness (QED) is 0.688. The topological polar surface area (TPSA) is 94.7 Å². The van der Waals surface area contributed by atoms with Crippen LogP contribution in [0.4, 0.5) is 0 Å². The van der Waals surface area contributed by atoms with Gasteiger partial charge in [-0.1, -0.05) is 29.4 Å². The molecule has 2 aromatic carbocycles. The van der Waals surface area contributed by atoms with Crippen molar-refractivity contribution in [2.45, 2.75) is 13.5 Å². The Hall–Kier alpha value is -3.35. The van der Waals surface area contributed by atoms with Crippen LogP contribution in [-0.2, 0) is 11.3 Å². The molecule has 0 amide bonds. The van der Waals surface area contributed by atoms with Gasteiger partial charge in [-0.15, -0.1) is 0 Å². The lowest BCUT2D eigenvalue weighted by atomic mass is 10.2. The zero-order valence-electron chi connectivity index (χ0n) is 13.5. The van der Waals surface area contributed by atoms with E-state index in [-0.39, 0.29) is 23.8 Å². The number of benzene rings is 2. The summed E-state index contributed by atoms with van der Waals surface area (Å²) in [4.78, 5) is 16.2. The Morgan fingerprint density at radius 2 is 1.92 bits per heavy atom. The van der Waals surface area contributed by atoms with Crippen LogP contribution in [0.5, 0.6) is 11.5 Å². The van der Waals surface area contributed by atoms with E-state index in [1.165, 1.54) is 12.1 Å². The third-order valence-electron chi connectivity index (χ3n) is 3.35. The number of ether oxygens (including phenoxy) is 2. The first-order valence-corrected chi connectivity index (χ1v) is 7.69. The number of carbonyl (C=O) groups excluding carboxylic acids is 1. The second-order valence-corrected chi connectivity index (χ2v) is 5.03. The highest BCUT2D eigenvalue weighted by Gasteiger charge is 2.16. The molecular formula is C18H16N2O5. The fraction of sp³-hybridized carbons (Fsp3) is 0.167. The van der Waals surface area contributed by atoms with Crippen molar-refractivity contribution in [2.75, 3.05) is 6.61 Å². The average molecular weight is 340 g/mol. The maximum Gasteiger partial charge on any atom is 0.342 e. The van der Waals surface area contributed by atoms with E-state index in [0.717, 1.165) is 0 Å².